The Morgan fingerprint density at radius 1 is 1.00 bits per heavy atom. The number of esters is 1. The molecule has 0 aliphatic carbocycles. The fourth-order valence-electron chi connectivity index (χ4n) is 2.51. The van der Waals surface area contributed by atoms with Gasteiger partial charge in [-0.1, -0.05) is 18.2 Å². The molecule has 152 valence electrons. The number of benzene rings is 2. The SMILES string of the molecule is CCOc1ccc(N(CCC#N)C(=O)COC(=O)CCOc2ccccc2)cc1. The van der Waals surface area contributed by atoms with Crippen LogP contribution in [0.4, 0.5) is 5.69 Å². The molecule has 0 atom stereocenters. The van der Waals surface area contributed by atoms with Crippen LogP contribution in [0.3, 0.4) is 0 Å². The Labute approximate surface area is 170 Å². The van der Waals surface area contributed by atoms with E-state index in [2.05, 4.69) is 0 Å². The van der Waals surface area contributed by atoms with Gasteiger partial charge in [0.25, 0.3) is 5.91 Å². The van der Waals surface area contributed by atoms with E-state index in [4.69, 9.17) is 19.5 Å². The summed E-state index contributed by atoms with van der Waals surface area (Å²) in [5, 5.41) is 8.86. The van der Waals surface area contributed by atoms with Crippen molar-refractivity contribution in [2.45, 2.75) is 19.8 Å². The molecule has 0 aliphatic heterocycles. The van der Waals surface area contributed by atoms with E-state index in [0.29, 0.717) is 23.8 Å². The number of carbonyl (C=O) groups is 2. The average molecular weight is 396 g/mol. The Morgan fingerprint density at radius 3 is 2.34 bits per heavy atom. The van der Waals surface area contributed by atoms with Gasteiger partial charge in [-0.2, -0.15) is 5.26 Å². The molecule has 0 saturated heterocycles. The predicted molar refractivity (Wildman–Crippen MR) is 108 cm³/mol. The summed E-state index contributed by atoms with van der Waals surface area (Å²) in [6, 6.07) is 18.1. The summed E-state index contributed by atoms with van der Waals surface area (Å²) in [5.41, 5.74) is 0.608. The topological polar surface area (TPSA) is 88.9 Å². The Bertz CT molecular complexity index is 815. The zero-order chi connectivity index (χ0) is 20.9. The quantitative estimate of drug-likeness (QED) is 0.541. The minimum Gasteiger partial charge on any atom is -0.494 e. The van der Waals surface area contributed by atoms with E-state index < -0.39 is 18.5 Å². The number of hydrogen-bond acceptors (Lipinski definition) is 6. The number of para-hydroxylation sites is 1. The molecule has 7 nitrogen and oxygen atoms in total. The summed E-state index contributed by atoms with van der Waals surface area (Å²) < 4.78 is 15.9. The minimum absolute atomic E-state index is 0.0312. The van der Waals surface area contributed by atoms with Crippen molar-refractivity contribution < 1.29 is 23.8 Å². The zero-order valence-electron chi connectivity index (χ0n) is 16.4. The van der Waals surface area contributed by atoms with Gasteiger partial charge >= 0.3 is 5.97 Å². The molecule has 1 amide bonds. The second kappa shape index (κ2) is 12.0. The van der Waals surface area contributed by atoms with Gasteiger partial charge in [-0.15, -0.1) is 0 Å². The number of ether oxygens (including phenoxy) is 3. The second-order valence-corrected chi connectivity index (χ2v) is 5.95. The fourth-order valence-corrected chi connectivity index (χ4v) is 2.51. The molecular formula is C22H24N2O5. The summed E-state index contributed by atoms with van der Waals surface area (Å²) in [6.07, 6.45) is 0.196. The molecule has 0 heterocycles. The molecule has 0 radical (unpaired) electrons. The van der Waals surface area contributed by atoms with Crippen LogP contribution in [0.5, 0.6) is 11.5 Å². The number of anilines is 1. The molecule has 0 aliphatic rings. The molecule has 7 heteroatoms. The van der Waals surface area contributed by atoms with E-state index in [1.165, 1.54) is 4.90 Å². The predicted octanol–water partition coefficient (Wildman–Crippen LogP) is 3.34. The maximum Gasteiger partial charge on any atom is 0.309 e. The first-order valence-corrected chi connectivity index (χ1v) is 9.37. The molecule has 2 rings (SSSR count). The van der Waals surface area contributed by atoms with Crippen LogP contribution in [0.15, 0.2) is 54.6 Å². The van der Waals surface area contributed by atoms with Crippen LogP contribution in [0.1, 0.15) is 19.8 Å². The number of hydrogen-bond donors (Lipinski definition) is 0. The third-order valence-electron chi connectivity index (χ3n) is 3.88. The van der Waals surface area contributed by atoms with Crippen molar-refractivity contribution in [2.75, 3.05) is 31.3 Å². The van der Waals surface area contributed by atoms with Crippen LogP contribution >= 0.6 is 0 Å². The van der Waals surface area contributed by atoms with Gasteiger partial charge in [0.2, 0.25) is 0 Å². The molecule has 0 bridgehead atoms. The monoisotopic (exact) mass is 396 g/mol. The lowest BCUT2D eigenvalue weighted by molar-refractivity contribution is -0.148. The largest absolute Gasteiger partial charge is 0.494 e. The van der Waals surface area contributed by atoms with Crippen molar-refractivity contribution >= 4 is 17.6 Å². The molecule has 0 unspecified atom stereocenters. The molecule has 0 fully saturated rings. The Kier molecular flexibility index (Phi) is 9.03. The molecule has 0 spiro atoms. The third kappa shape index (κ3) is 7.54. The first-order chi connectivity index (χ1) is 14.1. The van der Waals surface area contributed by atoms with Gasteiger partial charge in [0.05, 0.1) is 32.1 Å². The second-order valence-electron chi connectivity index (χ2n) is 5.95. The van der Waals surface area contributed by atoms with Crippen LogP contribution in [0, 0.1) is 11.3 Å². The van der Waals surface area contributed by atoms with Crippen LogP contribution < -0.4 is 14.4 Å². The molecule has 29 heavy (non-hydrogen) atoms. The summed E-state index contributed by atoms with van der Waals surface area (Å²) in [7, 11) is 0. The van der Waals surface area contributed by atoms with Crippen LogP contribution in [0.25, 0.3) is 0 Å². The first kappa shape index (κ1) is 21.8. The zero-order valence-corrected chi connectivity index (χ0v) is 16.4. The van der Waals surface area contributed by atoms with E-state index in [1.807, 2.05) is 31.2 Å². The fraction of sp³-hybridized carbons (Fsp3) is 0.318. The highest BCUT2D eigenvalue weighted by Gasteiger charge is 2.17. The van der Waals surface area contributed by atoms with Gasteiger partial charge in [-0.25, -0.2) is 0 Å². The standard InChI is InChI=1S/C22H24N2O5/c1-2-27-20-11-9-18(10-12-20)24(15-6-14-23)21(25)17-29-22(26)13-16-28-19-7-4-3-5-8-19/h3-5,7-12H,2,6,13,15-17H2,1H3. The van der Waals surface area contributed by atoms with Crippen molar-refractivity contribution in [1.82, 2.24) is 0 Å². The summed E-state index contributed by atoms with van der Waals surface area (Å²) in [4.78, 5) is 25.8. The van der Waals surface area contributed by atoms with Gasteiger partial charge in [0.1, 0.15) is 11.5 Å². The van der Waals surface area contributed by atoms with Gasteiger partial charge in [0, 0.05) is 12.2 Å². The van der Waals surface area contributed by atoms with Crippen molar-refractivity contribution in [3.8, 4) is 17.6 Å². The third-order valence-corrected chi connectivity index (χ3v) is 3.88. The van der Waals surface area contributed by atoms with E-state index in [-0.39, 0.29) is 26.0 Å². The Hall–Kier alpha value is -3.53. The first-order valence-electron chi connectivity index (χ1n) is 9.37. The summed E-state index contributed by atoms with van der Waals surface area (Å²) in [5.74, 6) is 0.422. The van der Waals surface area contributed by atoms with Crippen molar-refractivity contribution in [2.24, 2.45) is 0 Å². The molecule has 2 aromatic carbocycles. The highest BCUT2D eigenvalue weighted by atomic mass is 16.5. The molecule has 0 N–H and O–H groups in total. The molecular weight excluding hydrogens is 372 g/mol. The van der Waals surface area contributed by atoms with Crippen LogP contribution in [-0.2, 0) is 14.3 Å². The maximum atomic E-state index is 12.5. The molecule has 0 aromatic heterocycles. The number of amides is 1. The van der Waals surface area contributed by atoms with E-state index in [9.17, 15) is 9.59 Å². The van der Waals surface area contributed by atoms with Gasteiger partial charge in [0.15, 0.2) is 6.61 Å². The van der Waals surface area contributed by atoms with Gasteiger partial charge < -0.3 is 19.1 Å². The molecule has 0 saturated carbocycles. The average Bonchev–Trinajstić information content (AvgIpc) is 2.74. The smallest absolute Gasteiger partial charge is 0.309 e. The number of nitrogens with zero attached hydrogens (tertiary/aromatic N) is 2. The Morgan fingerprint density at radius 2 is 1.69 bits per heavy atom. The summed E-state index contributed by atoms with van der Waals surface area (Å²) >= 11 is 0. The number of carbonyl (C=O) groups excluding carboxylic acids is 2. The van der Waals surface area contributed by atoms with Crippen molar-refractivity contribution in [3.05, 3.63) is 54.6 Å². The van der Waals surface area contributed by atoms with Crippen LogP contribution in [-0.4, -0.2) is 38.2 Å². The lowest BCUT2D eigenvalue weighted by Crippen LogP contribution is -2.35. The highest BCUT2D eigenvalue weighted by molar-refractivity contribution is 5.95. The maximum absolute atomic E-state index is 12.5. The van der Waals surface area contributed by atoms with Crippen molar-refractivity contribution in [3.63, 3.8) is 0 Å². The Balaban J connectivity index is 1.85. The lowest BCUT2D eigenvalue weighted by atomic mass is 10.2. The van der Waals surface area contributed by atoms with Gasteiger partial charge in [-0.05, 0) is 43.3 Å². The number of nitriles is 1. The molecule has 2 aromatic rings. The highest BCUT2D eigenvalue weighted by Crippen LogP contribution is 2.20. The van der Waals surface area contributed by atoms with Crippen LogP contribution in [0.2, 0.25) is 0 Å². The normalized spacial score (nSPS) is 9.93. The van der Waals surface area contributed by atoms with E-state index in [0.717, 1.165) is 0 Å². The van der Waals surface area contributed by atoms with Crippen molar-refractivity contribution in [1.29, 1.82) is 5.26 Å². The summed E-state index contributed by atoms with van der Waals surface area (Å²) in [6.45, 7) is 2.39. The minimum atomic E-state index is -0.527. The van der Waals surface area contributed by atoms with E-state index >= 15 is 0 Å². The van der Waals surface area contributed by atoms with Gasteiger partial charge in [-0.3, -0.25) is 9.59 Å². The lowest BCUT2D eigenvalue weighted by Gasteiger charge is -2.22. The van der Waals surface area contributed by atoms with E-state index in [1.54, 1.807) is 36.4 Å². The number of rotatable bonds is 11.